The lowest BCUT2D eigenvalue weighted by Crippen LogP contribution is -2.10. The zero-order valence-electron chi connectivity index (χ0n) is 8.69. The molecule has 16 heavy (non-hydrogen) atoms. The molecule has 0 spiro atoms. The van der Waals surface area contributed by atoms with E-state index in [-0.39, 0.29) is 6.04 Å². The van der Waals surface area contributed by atoms with E-state index in [1.807, 2.05) is 36.0 Å². The van der Waals surface area contributed by atoms with Crippen LogP contribution in [0.2, 0.25) is 0 Å². The minimum Gasteiger partial charge on any atom is -0.324 e. The molecule has 0 aliphatic rings. The molecule has 5 heteroatoms. The molecule has 3 nitrogen and oxygen atoms in total. The second-order valence-corrected chi connectivity index (χ2v) is 5.43. The van der Waals surface area contributed by atoms with Crippen molar-refractivity contribution in [3.05, 3.63) is 45.1 Å². The zero-order valence-corrected chi connectivity index (χ0v) is 11.9. The Balaban J connectivity index is 2.56. The normalized spacial score (nSPS) is 12.8. The van der Waals surface area contributed by atoms with Crippen LogP contribution in [0, 0.1) is 0 Å². The van der Waals surface area contributed by atoms with Gasteiger partial charge in [0.25, 0.3) is 0 Å². The van der Waals surface area contributed by atoms with Crippen LogP contribution >= 0.6 is 31.9 Å². The van der Waals surface area contributed by atoms with Crippen LogP contribution in [0.4, 0.5) is 0 Å². The third-order valence-corrected chi connectivity index (χ3v) is 3.18. The summed E-state index contributed by atoms with van der Waals surface area (Å²) < 4.78 is 3.79. The van der Waals surface area contributed by atoms with Gasteiger partial charge in [0, 0.05) is 16.7 Å². The summed E-state index contributed by atoms with van der Waals surface area (Å²) in [5.74, 6) is 0. The Labute approximate surface area is 111 Å². The smallest absolute Gasteiger partial charge is 0.0694 e. The lowest BCUT2D eigenvalue weighted by molar-refractivity contribution is 0.780. The first-order chi connectivity index (χ1) is 7.58. The quantitative estimate of drug-likeness (QED) is 0.907. The molecule has 0 saturated carbocycles. The van der Waals surface area contributed by atoms with Gasteiger partial charge in [-0.1, -0.05) is 15.9 Å². The average Bonchev–Trinajstić information content (AvgIpc) is 2.64. The summed E-state index contributed by atoms with van der Waals surface area (Å²) in [5.41, 5.74) is 8.02. The molecule has 84 valence electrons. The van der Waals surface area contributed by atoms with Crippen molar-refractivity contribution >= 4 is 31.9 Å². The SMILES string of the molecule is CC(N)c1cc(Br)ccc1-n1cc(Br)cn1. The molecule has 0 radical (unpaired) electrons. The van der Waals surface area contributed by atoms with E-state index in [9.17, 15) is 0 Å². The van der Waals surface area contributed by atoms with Crippen molar-refractivity contribution in [1.29, 1.82) is 0 Å². The largest absolute Gasteiger partial charge is 0.324 e. The van der Waals surface area contributed by atoms with E-state index in [2.05, 4.69) is 37.0 Å². The minimum atomic E-state index is -0.0320. The Kier molecular flexibility index (Phi) is 3.47. The molecule has 2 aromatic rings. The van der Waals surface area contributed by atoms with Crippen LogP contribution in [0.25, 0.3) is 5.69 Å². The monoisotopic (exact) mass is 343 g/mol. The summed E-state index contributed by atoms with van der Waals surface area (Å²) in [6.07, 6.45) is 3.67. The molecular weight excluding hydrogens is 334 g/mol. The van der Waals surface area contributed by atoms with Crippen LogP contribution in [-0.2, 0) is 0 Å². The lowest BCUT2D eigenvalue weighted by atomic mass is 10.1. The standard InChI is InChI=1S/C11H11Br2N3/c1-7(14)10-4-8(12)2-3-11(10)16-6-9(13)5-15-16/h2-7H,14H2,1H3. The highest BCUT2D eigenvalue weighted by molar-refractivity contribution is 9.10. The van der Waals surface area contributed by atoms with Crippen molar-refractivity contribution < 1.29 is 0 Å². The highest BCUT2D eigenvalue weighted by Crippen LogP contribution is 2.24. The molecule has 1 heterocycles. The van der Waals surface area contributed by atoms with Crippen LogP contribution in [0.15, 0.2) is 39.5 Å². The Morgan fingerprint density at radius 3 is 2.62 bits per heavy atom. The van der Waals surface area contributed by atoms with Crippen LogP contribution in [0.5, 0.6) is 0 Å². The third kappa shape index (κ3) is 2.36. The maximum absolute atomic E-state index is 5.95. The fraction of sp³-hybridized carbons (Fsp3) is 0.182. The first-order valence-corrected chi connectivity index (χ1v) is 6.42. The van der Waals surface area contributed by atoms with Gasteiger partial charge in [0.15, 0.2) is 0 Å². The van der Waals surface area contributed by atoms with Gasteiger partial charge >= 0.3 is 0 Å². The summed E-state index contributed by atoms with van der Waals surface area (Å²) in [6.45, 7) is 1.96. The van der Waals surface area contributed by atoms with E-state index >= 15 is 0 Å². The summed E-state index contributed by atoms with van der Waals surface area (Å²) in [5, 5.41) is 4.26. The third-order valence-electron chi connectivity index (χ3n) is 2.28. The average molecular weight is 345 g/mol. The van der Waals surface area contributed by atoms with E-state index in [0.717, 1.165) is 20.2 Å². The van der Waals surface area contributed by atoms with E-state index in [0.29, 0.717) is 0 Å². The van der Waals surface area contributed by atoms with Crippen molar-refractivity contribution in [3.8, 4) is 5.69 Å². The molecule has 0 saturated heterocycles. The molecule has 2 rings (SSSR count). The van der Waals surface area contributed by atoms with E-state index in [1.54, 1.807) is 6.20 Å². The van der Waals surface area contributed by atoms with Crippen molar-refractivity contribution in [1.82, 2.24) is 9.78 Å². The summed E-state index contributed by atoms with van der Waals surface area (Å²) in [7, 11) is 0. The second kappa shape index (κ2) is 4.69. The molecule has 1 atom stereocenters. The number of benzene rings is 1. The Bertz CT molecular complexity index is 506. The first-order valence-electron chi connectivity index (χ1n) is 4.83. The number of rotatable bonds is 2. The number of aromatic nitrogens is 2. The Morgan fingerprint density at radius 2 is 2.06 bits per heavy atom. The lowest BCUT2D eigenvalue weighted by Gasteiger charge is -2.13. The number of hydrogen-bond donors (Lipinski definition) is 1. The van der Waals surface area contributed by atoms with Crippen LogP contribution < -0.4 is 5.73 Å². The molecule has 1 unspecified atom stereocenters. The number of nitrogens with zero attached hydrogens (tertiary/aromatic N) is 2. The van der Waals surface area contributed by atoms with E-state index < -0.39 is 0 Å². The molecule has 0 aliphatic carbocycles. The van der Waals surface area contributed by atoms with Crippen LogP contribution in [-0.4, -0.2) is 9.78 Å². The van der Waals surface area contributed by atoms with Crippen LogP contribution in [0.3, 0.4) is 0 Å². The van der Waals surface area contributed by atoms with Gasteiger partial charge in [-0.25, -0.2) is 4.68 Å². The van der Waals surface area contributed by atoms with Gasteiger partial charge in [-0.3, -0.25) is 0 Å². The van der Waals surface area contributed by atoms with Crippen molar-refractivity contribution in [2.75, 3.05) is 0 Å². The molecule has 2 N–H and O–H groups in total. The topological polar surface area (TPSA) is 43.8 Å². The molecule has 1 aromatic heterocycles. The fourth-order valence-electron chi connectivity index (χ4n) is 1.53. The Morgan fingerprint density at radius 1 is 1.31 bits per heavy atom. The van der Waals surface area contributed by atoms with Gasteiger partial charge < -0.3 is 5.73 Å². The number of nitrogens with two attached hydrogens (primary N) is 1. The molecule has 0 bridgehead atoms. The van der Waals surface area contributed by atoms with Crippen molar-refractivity contribution in [3.63, 3.8) is 0 Å². The van der Waals surface area contributed by atoms with E-state index in [4.69, 9.17) is 5.73 Å². The summed E-state index contributed by atoms with van der Waals surface area (Å²) in [4.78, 5) is 0. The van der Waals surface area contributed by atoms with Crippen molar-refractivity contribution in [2.24, 2.45) is 5.73 Å². The maximum Gasteiger partial charge on any atom is 0.0694 e. The number of halogens is 2. The molecule has 0 amide bonds. The van der Waals surface area contributed by atoms with Crippen LogP contribution in [0.1, 0.15) is 18.5 Å². The fourth-order valence-corrected chi connectivity index (χ4v) is 2.20. The summed E-state index contributed by atoms with van der Waals surface area (Å²) in [6, 6.07) is 5.98. The highest BCUT2D eigenvalue weighted by Gasteiger charge is 2.10. The molecule has 1 aromatic carbocycles. The minimum absolute atomic E-state index is 0.0320. The van der Waals surface area contributed by atoms with Gasteiger partial charge in [0.05, 0.1) is 16.4 Å². The maximum atomic E-state index is 5.95. The summed E-state index contributed by atoms with van der Waals surface area (Å²) >= 11 is 6.83. The van der Waals surface area contributed by atoms with Gasteiger partial charge in [-0.2, -0.15) is 5.10 Å². The van der Waals surface area contributed by atoms with E-state index in [1.165, 1.54) is 0 Å². The zero-order chi connectivity index (χ0) is 11.7. The van der Waals surface area contributed by atoms with Crippen molar-refractivity contribution in [2.45, 2.75) is 13.0 Å². The first kappa shape index (κ1) is 11.8. The highest BCUT2D eigenvalue weighted by atomic mass is 79.9. The van der Waals surface area contributed by atoms with Gasteiger partial charge in [0.2, 0.25) is 0 Å². The predicted molar refractivity (Wildman–Crippen MR) is 71.6 cm³/mol. The van der Waals surface area contributed by atoms with Gasteiger partial charge in [0.1, 0.15) is 0 Å². The molecular formula is C11H11Br2N3. The number of hydrogen-bond acceptors (Lipinski definition) is 2. The molecule has 0 fully saturated rings. The molecule has 0 aliphatic heterocycles. The van der Waals surface area contributed by atoms with Gasteiger partial charge in [-0.05, 0) is 46.6 Å². The predicted octanol–water partition coefficient (Wildman–Crippen LogP) is 3.42. The Hall–Kier alpha value is -0.650. The van der Waals surface area contributed by atoms with Gasteiger partial charge in [-0.15, -0.1) is 0 Å². The second-order valence-electron chi connectivity index (χ2n) is 3.59.